The van der Waals surface area contributed by atoms with Crippen LogP contribution >= 0.6 is 0 Å². The minimum Gasteiger partial charge on any atom is -0.202 e. The normalized spacial score (nSPS) is 12.3. The smallest absolute Gasteiger partial charge is 0.151 e. The fourth-order valence-electron chi connectivity index (χ4n) is 1.63. The van der Waals surface area contributed by atoms with Gasteiger partial charge >= 0.3 is 0 Å². The molecule has 0 saturated heterocycles. The molecule has 0 bridgehead atoms. The first kappa shape index (κ1) is 12.2. The van der Waals surface area contributed by atoms with Crippen LogP contribution in [-0.2, 0) is 0 Å². The first-order valence-corrected chi connectivity index (χ1v) is 5.83. The molecule has 92 valence electrons. The van der Waals surface area contributed by atoms with Gasteiger partial charge in [-0.25, -0.2) is 4.68 Å². The number of rotatable bonds is 3. The number of hydrogen-bond donors (Lipinski definition) is 0. The van der Waals surface area contributed by atoms with Gasteiger partial charge in [-0.1, -0.05) is 36.4 Å². The van der Waals surface area contributed by atoms with Crippen LogP contribution in [0.15, 0.2) is 41.0 Å². The molecule has 1 aromatic carbocycles. The highest BCUT2D eigenvalue weighted by atomic mass is 15.4. The minimum absolute atomic E-state index is 0.788. The second-order valence-corrected chi connectivity index (χ2v) is 4.15. The van der Waals surface area contributed by atoms with Crippen LogP contribution in [0.1, 0.15) is 24.1 Å². The molecule has 0 spiro atoms. The summed E-state index contributed by atoms with van der Waals surface area (Å²) in [7, 11) is 0. The number of allylic oxidation sites excluding steroid dienone is 1. The zero-order chi connectivity index (χ0) is 13.0. The van der Waals surface area contributed by atoms with Crippen LogP contribution in [0, 0.1) is 13.8 Å². The average molecular weight is 240 g/mol. The number of aromatic nitrogens is 3. The van der Waals surface area contributed by atoms with E-state index < -0.39 is 0 Å². The SMILES string of the molecule is CC(/C=N\n1c(C)nnc1C)=C\c1ccccc1. The van der Waals surface area contributed by atoms with Crippen molar-refractivity contribution in [3.8, 4) is 0 Å². The van der Waals surface area contributed by atoms with E-state index in [-0.39, 0.29) is 0 Å². The van der Waals surface area contributed by atoms with Gasteiger partial charge in [-0.15, -0.1) is 10.2 Å². The Morgan fingerprint density at radius 1 is 1.11 bits per heavy atom. The summed E-state index contributed by atoms with van der Waals surface area (Å²) in [5, 5.41) is 12.3. The summed E-state index contributed by atoms with van der Waals surface area (Å²) in [5.74, 6) is 1.58. The molecule has 0 aliphatic heterocycles. The fraction of sp³-hybridized carbons (Fsp3) is 0.214. The topological polar surface area (TPSA) is 43.1 Å². The van der Waals surface area contributed by atoms with E-state index in [1.807, 2.05) is 45.2 Å². The molecule has 4 heteroatoms. The Labute approximate surface area is 107 Å². The van der Waals surface area contributed by atoms with E-state index in [0.717, 1.165) is 17.2 Å². The zero-order valence-electron chi connectivity index (χ0n) is 10.8. The summed E-state index contributed by atoms with van der Waals surface area (Å²) in [6, 6.07) is 10.2. The fourth-order valence-corrected chi connectivity index (χ4v) is 1.63. The van der Waals surface area contributed by atoms with Gasteiger partial charge in [-0.05, 0) is 31.9 Å². The van der Waals surface area contributed by atoms with Crippen molar-refractivity contribution in [3.05, 3.63) is 53.1 Å². The highest BCUT2D eigenvalue weighted by Crippen LogP contribution is 2.05. The molecule has 0 unspecified atom stereocenters. The van der Waals surface area contributed by atoms with Crippen molar-refractivity contribution < 1.29 is 0 Å². The lowest BCUT2D eigenvalue weighted by atomic mass is 10.1. The molecule has 0 aliphatic rings. The van der Waals surface area contributed by atoms with Gasteiger partial charge in [0.1, 0.15) is 0 Å². The van der Waals surface area contributed by atoms with Crippen LogP contribution in [0.5, 0.6) is 0 Å². The van der Waals surface area contributed by atoms with Crippen LogP contribution in [0.3, 0.4) is 0 Å². The third-order valence-corrected chi connectivity index (χ3v) is 2.52. The molecular formula is C14H16N4. The summed E-state index contributed by atoms with van der Waals surface area (Å²) in [4.78, 5) is 0. The number of hydrogen-bond acceptors (Lipinski definition) is 3. The third-order valence-electron chi connectivity index (χ3n) is 2.52. The molecule has 1 aromatic heterocycles. The Balaban J connectivity index is 2.17. The van der Waals surface area contributed by atoms with Gasteiger partial charge in [-0.3, -0.25) is 0 Å². The second-order valence-electron chi connectivity index (χ2n) is 4.15. The molecule has 2 aromatic rings. The summed E-state index contributed by atoms with van der Waals surface area (Å²) in [6.07, 6.45) is 3.90. The first-order valence-electron chi connectivity index (χ1n) is 5.83. The van der Waals surface area contributed by atoms with Crippen molar-refractivity contribution in [2.75, 3.05) is 0 Å². The molecule has 0 aliphatic carbocycles. The summed E-state index contributed by atoms with van der Waals surface area (Å²) >= 11 is 0. The van der Waals surface area contributed by atoms with Crippen molar-refractivity contribution >= 4 is 12.3 Å². The average Bonchev–Trinajstić information content (AvgIpc) is 2.68. The molecule has 0 fully saturated rings. The van der Waals surface area contributed by atoms with Crippen molar-refractivity contribution in [2.45, 2.75) is 20.8 Å². The maximum absolute atomic E-state index is 4.36. The van der Waals surface area contributed by atoms with E-state index in [2.05, 4.69) is 33.5 Å². The molecule has 1 heterocycles. The predicted octanol–water partition coefficient (Wildman–Crippen LogP) is 2.83. The molecular weight excluding hydrogens is 224 g/mol. The van der Waals surface area contributed by atoms with E-state index in [1.54, 1.807) is 4.68 Å². The Bertz CT molecular complexity index is 560. The largest absolute Gasteiger partial charge is 0.202 e. The van der Waals surface area contributed by atoms with Crippen molar-refractivity contribution in [1.29, 1.82) is 0 Å². The van der Waals surface area contributed by atoms with Gasteiger partial charge in [0.15, 0.2) is 11.6 Å². The number of aryl methyl sites for hydroxylation is 2. The highest BCUT2D eigenvalue weighted by Gasteiger charge is 2.00. The molecule has 0 radical (unpaired) electrons. The van der Waals surface area contributed by atoms with E-state index in [9.17, 15) is 0 Å². The quantitative estimate of drug-likeness (QED) is 0.774. The Hall–Kier alpha value is -2.23. The lowest BCUT2D eigenvalue weighted by Crippen LogP contribution is -1.96. The molecule has 0 atom stereocenters. The Morgan fingerprint density at radius 3 is 2.33 bits per heavy atom. The van der Waals surface area contributed by atoms with Crippen LogP contribution in [0.2, 0.25) is 0 Å². The highest BCUT2D eigenvalue weighted by molar-refractivity contribution is 5.84. The van der Waals surface area contributed by atoms with Crippen molar-refractivity contribution in [2.24, 2.45) is 5.10 Å². The third kappa shape index (κ3) is 2.91. The summed E-state index contributed by atoms with van der Waals surface area (Å²) < 4.78 is 1.72. The molecule has 0 saturated carbocycles. The van der Waals surface area contributed by atoms with Crippen LogP contribution in [0.25, 0.3) is 6.08 Å². The van der Waals surface area contributed by atoms with E-state index in [0.29, 0.717) is 0 Å². The van der Waals surface area contributed by atoms with E-state index in [4.69, 9.17) is 0 Å². The van der Waals surface area contributed by atoms with Gasteiger partial charge in [-0.2, -0.15) is 5.10 Å². The van der Waals surface area contributed by atoms with Crippen LogP contribution in [-0.4, -0.2) is 21.1 Å². The van der Waals surface area contributed by atoms with Gasteiger partial charge in [0.25, 0.3) is 0 Å². The maximum Gasteiger partial charge on any atom is 0.151 e. The molecule has 0 N–H and O–H groups in total. The maximum atomic E-state index is 4.36. The van der Waals surface area contributed by atoms with E-state index >= 15 is 0 Å². The Kier molecular flexibility index (Phi) is 3.67. The zero-order valence-corrected chi connectivity index (χ0v) is 10.8. The van der Waals surface area contributed by atoms with Gasteiger partial charge in [0, 0.05) is 0 Å². The van der Waals surface area contributed by atoms with E-state index in [1.165, 1.54) is 5.56 Å². The molecule has 0 amide bonds. The van der Waals surface area contributed by atoms with Crippen LogP contribution < -0.4 is 0 Å². The molecule has 4 nitrogen and oxygen atoms in total. The van der Waals surface area contributed by atoms with Crippen LogP contribution in [0.4, 0.5) is 0 Å². The lowest BCUT2D eigenvalue weighted by molar-refractivity contribution is 0.798. The molecule has 2 rings (SSSR count). The second kappa shape index (κ2) is 5.40. The Morgan fingerprint density at radius 2 is 1.72 bits per heavy atom. The molecule has 18 heavy (non-hydrogen) atoms. The number of benzene rings is 1. The lowest BCUT2D eigenvalue weighted by Gasteiger charge is -1.98. The standard InChI is InChI=1S/C14H16N4/c1-11(9-14-7-5-4-6-8-14)10-15-18-12(2)16-17-13(18)3/h4-10H,1-3H3/b11-9+,15-10-. The number of nitrogens with zero attached hydrogens (tertiary/aromatic N) is 4. The minimum atomic E-state index is 0.788. The van der Waals surface area contributed by atoms with Crippen molar-refractivity contribution in [1.82, 2.24) is 14.9 Å². The monoisotopic (exact) mass is 240 g/mol. The summed E-state index contributed by atoms with van der Waals surface area (Å²) in [5.41, 5.74) is 2.24. The van der Waals surface area contributed by atoms with Crippen molar-refractivity contribution in [3.63, 3.8) is 0 Å². The van der Waals surface area contributed by atoms with Gasteiger partial charge in [0.05, 0.1) is 6.21 Å². The summed E-state index contributed by atoms with van der Waals surface area (Å²) in [6.45, 7) is 5.78. The van der Waals surface area contributed by atoms with Gasteiger partial charge < -0.3 is 0 Å². The first-order chi connectivity index (χ1) is 8.66. The predicted molar refractivity (Wildman–Crippen MR) is 73.5 cm³/mol. The van der Waals surface area contributed by atoms with Gasteiger partial charge in [0.2, 0.25) is 0 Å².